The molecule has 0 radical (unpaired) electrons. The molecule has 1 atom stereocenters. The Morgan fingerprint density at radius 2 is 2.20 bits per heavy atom. The molecular formula is C12H16ClFO. The summed E-state index contributed by atoms with van der Waals surface area (Å²) in [5.41, 5.74) is 0.768. The molecule has 0 fully saturated rings. The summed E-state index contributed by atoms with van der Waals surface area (Å²) in [4.78, 5) is 0. The predicted molar refractivity (Wildman–Crippen MR) is 61.0 cm³/mol. The van der Waals surface area contributed by atoms with Crippen LogP contribution in [0.4, 0.5) is 4.39 Å². The number of ether oxygens (including phenoxy) is 1. The minimum absolute atomic E-state index is 0.0475. The zero-order chi connectivity index (χ0) is 11.3. The molecule has 15 heavy (non-hydrogen) atoms. The molecule has 1 aromatic rings. The van der Waals surface area contributed by atoms with Crippen LogP contribution in [0.2, 0.25) is 0 Å². The van der Waals surface area contributed by atoms with Gasteiger partial charge >= 0.3 is 0 Å². The van der Waals surface area contributed by atoms with Crippen molar-refractivity contribution < 1.29 is 9.13 Å². The van der Waals surface area contributed by atoms with Crippen LogP contribution in [0.3, 0.4) is 0 Å². The van der Waals surface area contributed by atoms with Crippen molar-refractivity contribution in [2.24, 2.45) is 0 Å². The third-order valence-corrected chi connectivity index (χ3v) is 2.48. The van der Waals surface area contributed by atoms with E-state index in [4.69, 9.17) is 16.3 Å². The first kappa shape index (κ1) is 12.3. The molecule has 0 aliphatic rings. The minimum atomic E-state index is -0.337. The molecule has 0 heterocycles. The van der Waals surface area contributed by atoms with E-state index in [2.05, 4.69) is 6.92 Å². The van der Waals surface area contributed by atoms with Gasteiger partial charge in [-0.15, -0.1) is 11.6 Å². The van der Waals surface area contributed by atoms with Crippen LogP contribution in [-0.4, -0.2) is 6.10 Å². The van der Waals surface area contributed by atoms with Gasteiger partial charge in [-0.05, 0) is 31.0 Å². The van der Waals surface area contributed by atoms with E-state index in [-0.39, 0.29) is 11.9 Å². The highest BCUT2D eigenvalue weighted by molar-refractivity contribution is 6.17. The van der Waals surface area contributed by atoms with Gasteiger partial charge in [0.1, 0.15) is 0 Å². The summed E-state index contributed by atoms with van der Waals surface area (Å²) in [6.45, 7) is 4.02. The van der Waals surface area contributed by atoms with Crippen LogP contribution in [0.25, 0.3) is 0 Å². The van der Waals surface area contributed by atoms with Crippen molar-refractivity contribution in [3.05, 3.63) is 29.6 Å². The van der Waals surface area contributed by atoms with Crippen LogP contribution in [0.1, 0.15) is 32.3 Å². The second-order valence-electron chi connectivity index (χ2n) is 3.62. The van der Waals surface area contributed by atoms with Crippen molar-refractivity contribution in [3.63, 3.8) is 0 Å². The van der Waals surface area contributed by atoms with Gasteiger partial charge in [-0.2, -0.15) is 0 Å². The van der Waals surface area contributed by atoms with E-state index in [1.54, 1.807) is 12.1 Å². The molecule has 84 valence electrons. The SMILES string of the molecule is CCCC(C)Oc1ccc(CCl)cc1F. The van der Waals surface area contributed by atoms with E-state index in [0.29, 0.717) is 11.6 Å². The molecule has 0 aromatic heterocycles. The van der Waals surface area contributed by atoms with Crippen molar-refractivity contribution in [2.45, 2.75) is 38.7 Å². The Labute approximate surface area is 95.2 Å². The topological polar surface area (TPSA) is 9.23 Å². The fourth-order valence-electron chi connectivity index (χ4n) is 1.41. The van der Waals surface area contributed by atoms with Gasteiger partial charge in [-0.25, -0.2) is 4.39 Å². The van der Waals surface area contributed by atoms with Crippen molar-refractivity contribution in [1.29, 1.82) is 0 Å². The summed E-state index contributed by atoms with van der Waals surface area (Å²) in [6, 6.07) is 4.84. The first-order chi connectivity index (χ1) is 7.17. The standard InChI is InChI=1S/C12H16ClFO/c1-3-4-9(2)15-12-6-5-10(8-13)7-11(12)14/h5-7,9H,3-4,8H2,1-2H3. The average Bonchev–Trinajstić information content (AvgIpc) is 2.21. The Kier molecular flexibility index (Phi) is 4.89. The molecule has 3 heteroatoms. The van der Waals surface area contributed by atoms with Crippen molar-refractivity contribution in [1.82, 2.24) is 0 Å². The minimum Gasteiger partial charge on any atom is -0.488 e. The van der Waals surface area contributed by atoms with Gasteiger partial charge in [0.05, 0.1) is 6.10 Å². The first-order valence-corrected chi connectivity index (χ1v) is 5.71. The Morgan fingerprint density at radius 1 is 1.47 bits per heavy atom. The summed E-state index contributed by atoms with van der Waals surface area (Å²) < 4.78 is 18.9. The van der Waals surface area contributed by atoms with Crippen LogP contribution in [0.15, 0.2) is 18.2 Å². The van der Waals surface area contributed by atoms with Gasteiger partial charge in [-0.1, -0.05) is 19.4 Å². The average molecular weight is 231 g/mol. The smallest absolute Gasteiger partial charge is 0.165 e. The van der Waals surface area contributed by atoms with E-state index in [1.165, 1.54) is 6.07 Å². The monoisotopic (exact) mass is 230 g/mol. The maximum absolute atomic E-state index is 13.5. The Morgan fingerprint density at radius 3 is 2.73 bits per heavy atom. The van der Waals surface area contributed by atoms with Crippen LogP contribution < -0.4 is 4.74 Å². The molecule has 0 saturated carbocycles. The second-order valence-corrected chi connectivity index (χ2v) is 3.88. The van der Waals surface area contributed by atoms with E-state index < -0.39 is 0 Å². The lowest BCUT2D eigenvalue weighted by Gasteiger charge is -2.14. The molecule has 0 amide bonds. The van der Waals surface area contributed by atoms with Crippen LogP contribution in [0.5, 0.6) is 5.75 Å². The maximum atomic E-state index is 13.5. The second kappa shape index (κ2) is 5.96. The van der Waals surface area contributed by atoms with E-state index in [1.807, 2.05) is 6.92 Å². The van der Waals surface area contributed by atoms with Gasteiger partial charge in [0.15, 0.2) is 11.6 Å². The number of halogens is 2. The van der Waals surface area contributed by atoms with Gasteiger partial charge in [0, 0.05) is 5.88 Å². The summed E-state index contributed by atoms with van der Waals surface area (Å²) in [7, 11) is 0. The normalized spacial score (nSPS) is 12.5. The number of rotatable bonds is 5. The number of hydrogen-bond donors (Lipinski definition) is 0. The lowest BCUT2D eigenvalue weighted by Crippen LogP contribution is -2.11. The molecule has 0 aliphatic carbocycles. The van der Waals surface area contributed by atoms with Crippen molar-refractivity contribution in [3.8, 4) is 5.75 Å². The molecule has 0 spiro atoms. The molecule has 0 saturated heterocycles. The zero-order valence-corrected chi connectivity index (χ0v) is 9.85. The van der Waals surface area contributed by atoms with Crippen molar-refractivity contribution >= 4 is 11.6 Å². The summed E-state index contributed by atoms with van der Waals surface area (Å²) in [5, 5.41) is 0. The van der Waals surface area contributed by atoms with E-state index in [9.17, 15) is 4.39 Å². The fraction of sp³-hybridized carbons (Fsp3) is 0.500. The molecule has 1 nitrogen and oxygen atoms in total. The zero-order valence-electron chi connectivity index (χ0n) is 9.09. The summed E-state index contributed by atoms with van der Waals surface area (Å²) >= 11 is 5.60. The lowest BCUT2D eigenvalue weighted by atomic mass is 10.2. The van der Waals surface area contributed by atoms with Gasteiger partial charge in [0.2, 0.25) is 0 Å². The predicted octanol–water partition coefficient (Wildman–Crippen LogP) is 4.13. The summed E-state index contributed by atoms with van der Waals surface area (Å²) in [5.74, 6) is 0.294. The summed E-state index contributed by atoms with van der Waals surface area (Å²) in [6.07, 6.45) is 2.01. The van der Waals surface area contributed by atoms with Crippen LogP contribution >= 0.6 is 11.6 Å². The van der Waals surface area contributed by atoms with E-state index in [0.717, 1.165) is 18.4 Å². The van der Waals surface area contributed by atoms with Crippen LogP contribution in [0, 0.1) is 5.82 Å². The van der Waals surface area contributed by atoms with Gasteiger partial charge in [-0.3, -0.25) is 0 Å². The quantitative estimate of drug-likeness (QED) is 0.691. The molecule has 1 rings (SSSR count). The highest BCUT2D eigenvalue weighted by Gasteiger charge is 2.08. The largest absolute Gasteiger partial charge is 0.488 e. The Hall–Kier alpha value is -0.760. The molecule has 0 aliphatic heterocycles. The third kappa shape index (κ3) is 3.71. The molecule has 1 aromatic carbocycles. The lowest BCUT2D eigenvalue weighted by molar-refractivity contribution is 0.200. The number of alkyl halides is 1. The first-order valence-electron chi connectivity index (χ1n) is 5.18. The number of benzene rings is 1. The third-order valence-electron chi connectivity index (χ3n) is 2.17. The Balaban J connectivity index is 2.69. The highest BCUT2D eigenvalue weighted by Crippen LogP contribution is 2.21. The molecule has 1 unspecified atom stereocenters. The Bertz CT molecular complexity index is 314. The van der Waals surface area contributed by atoms with Gasteiger partial charge in [0.25, 0.3) is 0 Å². The molecule has 0 bridgehead atoms. The fourth-order valence-corrected chi connectivity index (χ4v) is 1.57. The molecular weight excluding hydrogens is 215 g/mol. The van der Waals surface area contributed by atoms with Gasteiger partial charge < -0.3 is 4.74 Å². The van der Waals surface area contributed by atoms with E-state index >= 15 is 0 Å². The highest BCUT2D eigenvalue weighted by atomic mass is 35.5. The molecule has 0 N–H and O–H groups in total. The van der Waals surface area contributed by atoms with Crippen LogP contribution in [-0.2, 0) is 5.88 Å². The maximum Gasteiger partial charge on any atom is 0.165 e. The number of hydrogen-bond acceptors (Lipinski definition) is 1. The van der Waals surface area contributed by atoms with Crippen molar-refractivity contribution in [2.75, 3.05) is 0 Å².